The van der Waals surface area contributed by atoms with Gasteiger partial charge in [-0.15, -0.1) is 0 Å². The molecule has 3 aliphatic heterocycles. The first-order valence-electron chi connectivity index (χ1n) is 12.4. The van der Waals surface area contributed by atoms with E-state index in [1.807, 2.05) is 31.2 Å². The quantitative estimate of drug-likeness (QED) is 0.676. The predicted molar refractivity (Wildman–Crippen MR) is 131 cm³/mol. The molecule has 0 spiro atoms. The zero-order valence-corrected chi connectivity index (χ0v) is 20.0. The van der Waals surface area contributed by atoms with Gasteiger partial charge in [0.1, 0.15) is 5.82 Å². The molecule has 1 aromatic carbocycles. The summed E-state index contributed by atoms with van der Waals surface area (Å²) < 4.78 is 11.2. The molecule has 9 nitrogen and oxygen atoms in total. The molecule has 2 amide bonds. The maximum atomic E-state index is 11.8. The first-order valence-corrected chi connectivity index (χ1v) is 12.4. The molecule has 0 saturated carbocycles. The number of fused-ring (bicyclic) bond motifs is 1. The Kier molecular flexibility index (Phi) is 6.94. The third kappa shape index (κ3) is 4.73. The van der Waals surface area contributed by atoms with Gasteiger partial charge in [0.25, 0.3) is 0 Å². The van der Waals surface area contributed by atoms with Crippen molar-refractivity contribution in [2.24, 2.45) is 0 Å². The number of nitrogens with zero attached hydrogens (tertiary/aromatic N) is 4. The van der Waals surface area contributed by atoms with Crippen molar-refractivity contribution in [2.75, 3.05) is 56.3 Å². The molecule has 2 N–H and O–H groups in total. The summed E-state index contributed by atoms with van der Waals surface area (Å²) >= 11 is 0. The average Bonchev–Trinajstić information content (AvgIpc) is 2.83. The summed E-state index contributed by atoms with van der Waals surface area (Å²) in [6.45, 7) is 10.4. The Morgan fingerprint density at radius 3 is 2.62 bits per heavy atom. The van der Waals surface area contributed by atoms with E-state index in [0.717, 1.165) is 87.5 Å². The molecule has 9 heteroatoms. The van der Waals surface area contributed by atoms with Crippen LogP contribution in [0.3, 0.4) is 0 Å². The minimum atomic E-state index is -0.208. The summed E-state index contributed by atoms with van der Waals surface area (Å²) in [4.78, 5) is 26.9. The van der Waals surface area contributed by atoms with Crippen LogP contribution in [0.5, 0.6) is 0 Å². The number of hydrogen-bond acceptors (Lipinski definition) is 7. The van der Waals surface area contributed by atoms with Crippen LogP contribution in [0.4, 0.5) is 16.3 Å². The average molecular weight is 467 g/mol. The zero-order chi connectivity index (χ0) is 23.5. The molecule has 1 aromatic heterocycles. The minimum absolute atomic E-state index is 0.208. The number of hydrogen-bond donors (Lipinski definition) is 2. The smallest absolute Gasteiger partial charge is 0.319 e. The monoisotopic (exact) mass is 466 g/mol. The molecule has 2 saturated heterocycles. The van der Waals surface area contributed by atoms with E-state index in [1.54, 1.807) is 0 Å². The van der Waals surface area contributed by atoms with E-state index in [2.05, 4.69) is 27.4 Å². The Balaban J connectivity index is 1.48. The summed E-state index contributed by atoms with van der Waals surface area (Å²) in [6, 6.07) is 8.35. The van der Waals surface area contributed by atoms with Crippen molar-refractivity contribution in [3.05, 3.63) is 35.5 Å². The predicted octanol–water partition coefficient (Wildman–Crippen LogP) is 2.66. The zero-order valence-electron chi connectivity index (χ0n) is 20.0. The number of carbonyl (C=O) groups is 1. The van der Waals surface area contributed by atoms with Gasteiger partial charge in [0.05, 0.1) is 44.2 Å². The first-order chi connectivity index (χ1) is 16.7. The lowest BCUT2D eigenvalue weighted by Gasteiger charge is -2.42. The Labute approximate surface area is 200 Å². The van der Waals surface area contributed by atoms with Gasteiger partial charge in [0, 0.05) is 43.0 Å². The maximum absolute atomic E-state index is 11.8. The molecule has 2 aromatic rings. The highest BCUT2D eigenvalue weighted by atomic mass is 16.5. The summed E-state index contributed by atoms with van der Waals surface area (Å²) in [5, 5.41) is 5.59. The molecule has 2 fully saturated rings. The highest BCUT2D eigenvalue weighted by molar-refractivity contribution is 5.89. The van der Waals surface area contributed by atoms with Crippen LogP contribution in [-0.2, 0) is 22.4 Å². The van der Waals surface area contributed by atoms with Crippen LogP contribution in [0.25, 0.3) is 11.4 Å². The molecule has 3 aliphatic rings. The van der Waals surface area contributed by atoms with Crippen molar-refractivity contribution in [1.82, 2.24) is 20.2 Å². The van der Waals surface area contributed by atoms with Gasteiger partial charge in [-0.3, -0.25) is 4.90 Å². The van der Waals surface area contributed by atoms with Crippen LogP contribution in [0.15, 0.2) is 24.3 Å². The number of nitrogens with one attached hydrogen (secondary N) is 2. The Morgan fingerprint density at radius 1 is 1.09 bits per heavy atom. The van der Waals surface area contributed by atoms with Gasteiger partial charge in [-0.05, 0) is 44.0 Å². The van der Waals surface area contributed by atoms with Gasteiger partial charge in [0.15, 0.2) is 5.82 Å². The molecule has 34 heavy (non-hydrogen) atoms. The summed E-state index contributed by atoms with van der Waals surface area (Å²) in [5.41, 5.74) is 4.07. The number of ether oxygens (including phenoxy) is 2. The van der Waals surface area contributed by atoms with Crippen LogP contribution in [0.2, 0.25) is 0 Å². The third-order valence-electron chi connectivity index (χ3n) is 6.92. The summed E-state index contributed by atoms with van der Waals surface area (Å²) in [7, 11) is 0. The van der Waals surface area contributed by atoms with Crippen LogP contribution in [-0.4, -0.2) is 79.0 Å². The fourth-order valence-electron chi connectivity index (χ4n) is 4.85. The highest BCUT2D eigenvalue weighted by Crippen LogP contribution is 2.33. The third-order valence-corrected chi connectivity index (χ3v) is 6.92. The molecular formula is C25H34N6O3. The standard InChI is InChI=1S/C25H34N6O3/c1-3-19-14-33-12-11-31(19)24-21-9-10-30(20-15-34-16-20)13-22(21)28-23(29-24)17-5-7-18(8-6-17)27-25(32)26-4-2/h5-8,19-20H,3-4,9-16H2,1-2H3,(H2,26,27,32). The number of urea groups is 1. The second-order valence-electron chi connectivity index (χ2n) is 9.10. The van der Waals surface area contributed by atoms with Crippen molar-refractivity contribution < 1.29 is 14.3 Å². The van der Waals surface area contributed by atoms with Crippen LogP contribution in [0, 0.1) is 0 Å². The molecule has 1 atom stereocenters. The van der Waals surface area contributed by atoms with Crippen LogP contribution < -0.4 is 15.5 Å². The van der Waals surface area contributed by atoms with Gasteiger partial charge in [-0.25, -0.2) is 14.8 Å². The lowest BCUT2D eigenvalue weighted by molar-refractivity contribution is -0.0699. The highest BCUT2D eigenvalue weighted by Gasteiger charge is 2.33. The number of amides is 2. The molecule has 1 unspecified atom stereocenters. The number of anilines is 2. The molecule has 0 bridgehead atoms. The normalized spacial score (nSPS) is 21.0. The molecule has 0 aliphatic carbocycles. The van der Waals surface area contributed by atoms with Crippen LogP contribution >= 0.6 is 0 Å². The van der Waals surface area contributed by atoms with Gasteiger partial charge >= 0.3 is 6.03 Å². The van der Waals surface area contributed by atoms with Gasteiger partial charge in [-0.2, -0.15) is 0 Å². The Morgan fingerprint density at radius 2 is 1.91 bits per heavy atom. The summed E-state index contributed by atoms with van der Waals surface area (Å²) in [5.74, 6) is 1.79. The van der Waals surface area contributed by atoms with Crippen molar-refractivity contribution in [1.29, 1.82) is 0 Å². The molecule has 4 heterocycles. The van der Waals surface area contributed by atoms with Gasteiger partial charge in [-0.1, -0.05) is 6.92 Å². The fraction of sp³-hybridized carbons (Fsp3) is 0.560. The number of carbonyl (C=O) groups excluding carboxylic acids is 1. The van der Waals surface area contributed by atoms with Crippen molar-refractivity contribution in [3.8, 4) is 11.4 Å². The van der Waals surface area contributed by atoms with E-state index in [-0.39, 0.29) is 6.03 Å². The molecule has 5 rings (SSSR count). The maximum Gasteiger partial charge on any atom is 0.319 e. The first kappa shape index (κ1) is 23.0. The summed E-state index contributed by atoms with van der Waals surface area (Å²) in [6.07, 6.45) is 1.96. The SMILES string of the molecule is CCNC(=O)Nc1ccc(-c2nc3c(c(N4CCOCC4CC)n2)CCN(C2COC2)C3)cc1. The van der Waals surface area contributed by atoms with E-state index in [1.165, 1.54) is 5.56 Å². The second kappa shape index (κ2) is 10.2. The number of aromatic nitrogens is 2. The largest absolute Gasteiger partial charge is 0.378 e. The minimum Gasteiger partial charge on any atom is -0.378 e. The van der Waals surface area contributed by atoms with Gasteiger partial charge < -0.3 is 25.0 Å². The second-order valence-corrected chi connectivity index (χ2v) is 9.10. The van der Waals surface area contributed by atoms with Gasteiger partial charge in [0.2, 0.25) is 0 Å². The number of morpholine rings is 1. The van der Waals surface area contributed by atoms with Crippen LogP contribution in [0.1, 0.15) is 31.5 Å². The van der Waals surface area contributed by atoms with E-state index >= 15 is 0 Å². The van der Waals surface area contributed by atoms with E-state index in [9.17, 15) is 4.79 Å². The van der Waals surface area contributed by atoms with Crippen molar-refractivity contribution in [3.63, 3.8) is 0 Å². The molecule has 0 radical (unpaired) electrons. The fourth-order valence-corrected chi connectivity index (χ4v) is 4.85. The lowest BCUT2D eigenvalue weighted by atomic mass is 10.0. The molecule has 182 valence electrons. The number of benzene rings is 1. The molecular weight excluding hydrogens is 432 g/mol. The number of rotatable bonds is 6. The van der Waals surface area contributed by atoms with Crippen molar-refractivity contribution in [2.45, 2.75) is 45.3 Å². The lowest BCUT2D eigenvalue weighted by Crippen LogP contribution is -2.51. The van der Waals surface area contributed by atoms with E-state index < -0.39 is 0 Å². The Bertz CT molecular complexity index is 1010. The van der Waals surface area contributed by atoms with Crippen molar-refractivity contribution >= 4 is 17.5 Å². The Hall–Kier alpha value is -2.75. The topological polar surface area (TPSA) is 91.9 Å². The van der Waals surface area contributed by atoms with E-state index in [0.29, 0.717) is 18.6 Å². The van der Waals surface area contributed by atoms with E-state index in [4.69, 9.17) is 19.4 Å².